The Hall–Kier alpha value is -2.63. The third-order valence-electron chi connectivity index (χ3n) is 4.14. The van der Waals surface area contributed by atoms with Crippen LogP contribution in [0.2, 0.25) is 0 Å². The Labute approximate surface area is 169 Å². The molecule has 3 nitrogen and oxygen atoms in total. The molecule has 0 heterocycles. The molecule has 3 aromatic carbocycles. The molecule has 1 N–H and O–H groups in total. The predicted octanol–water partition coefficient (Wildman–Crippen LogP) is 5.26. The van der Waals surface area contributed by atoms with Crippen LogP contribution in [0, 0.1) is 11.6 Å². The molecular weight excluding hydrogens is 384 g/mol. The van der Waals surface area contributed by atoms with Gasteiger partial charge >= 0.3 is 0 Å². The fourth-order valence-corrected chi connectivity index (χ4v) is 2.67. The summed E-state index contributed by atoms with van der Waals surface area (Å²) in [6, 6.07) is 18.5. The van der Waals surface area contributed by atoms with Crippen molar-refractivity contribution in [2.75, 3.05) is 7.11 Å². The number of hydrogen-bond donors (Lipinski definition) is 1. The molecule has 0 atom stereocenters. The monoisotopic (exact) mass is 405 g/mol. The zero-order valence-corrected chi connectivity index (χ0v) is 16.3. The summed E-state index contributed by atoms with van der Waals surface area (Å²) < 4.78 is 37.7. The summed E-state index contributed by atoms with van der Waals surface area (Å²) in [5.41, 5.74) is 2.52. The summed E-state index contributed by atoms with van der Waals surface area (Å²) in [5, 5.41) is 3.31. The van der Waals surface area contributed by atoms with Crippen molar-refractivity contribution in [2.24, 2.45) is 0 Å². The van der Waals surface area contributed by atoms with E-state index in [1.165, 1.54) is 18.2 Å². The van der Waals surface area contributed by atoms with Crippen molar-refractivity contribution in [2.45, 2.75) is 19.7 Å². The highest BCUT2D eigenvalue weighted by Gasteiger charge is 2.08. The molecule has 0 amide bonds. The Bertz CT molecular complexity index is 888. The van der Waals surface area contributed by atoms with Gasteiger partial charge in [-0.2, -0.15) is 0 Å². The van der Waals surface area contributed by atoms with E-state index >= 15 is 0 Å². The van der Waals surface area contributed by atoms with Crippen molar-refractivity contribution >= 4 is 12.4 Å². The van der Waals surface area contributed by atoms with Crippen molar-refractivity contribution in [3.63, 3.8) is 0 Å². The highest BCUT2D eigenvalue weighted by atomic mass is 35.5. The molecule has 0 unspecified atom stereocenters. The summed E-state index contributed by atoms with van der Waals surface area (Å²) in [4.78, 5) is 0. The van der Waals surface area contributed by atoms with Gasteiger partial charge in [0.25, 0.3) is 0 Å². The number of ether oxygens (including phenoxy) is 2. The summed E-state index contributed by atoms with van der Waals surface area (Å²) >= 11 is 0. The quantitative estimate of drug-likeness (QED) is 0.554. The van der Waals surface area contributed by atoms with E-state index in [0.29, 0.717) is 30.2 Å². The molecule has 0 aromatic heterocycles. The molecule has 0 spiro atoms. The largest absolute Gasteiger partial charge is 0.493 e. The van der Waals surface area contributed by atoms with Gasteiger partial charge in [-0.1, -0.05) is 36.4 Å². The van der Waals surface area contributed by atoms with Crippen LogP contribution in [-0.2, 0) is 19.7 Å². The van der Waals surface area contributed by atoms with Gasteiger partial charge in [-0.15, -0.1) is 12.4 Å². The molecule has 0 aliphatic rings. The lowest BCUT2D eigenvalue weighted by molar-refractivity contribution is 0.279. The Morgan fingerprint density at radius 3 is 2.21 bits per heavy atom. The SMILES string of the molecule is COc1cc(CNCc2ccc(F)cc2)ccc1OCc1ccccc1F.Cl. The lowest BCUT2D eigenvalue weighted by atomic mass is 10.1. The van der Waals surface area contributed by atoms with Gasteiger partial charge in [-0.05, 0) is 41.5 Å². The Kier molecular flexibility index (Phi) is 8.23. The highest BCUT2D eigenvalue weighted by Crippen LogP contribution is 2.29. The van der Waals surface area contributed by atoms with E-state index in [1.54, 1.807) is 37.4 Å². The molecule has 28 heavy (non-hydrogen) atoms. The molecule has 0 bridgehead atoms. The molecular formula is C22H22ClF2NO2. The number of benzene rings is 3. The second-order valence-electron chi connectivity index (χ2n) is 6.10. The average molecular weight is 406 g/mol. The molecule has 0 fully saturated rings. The molecule has 148 valence electrons. The third kappa shape index (κ3) is 5.94. The molecule has 6 heteroatoms. The first-order chi connectivity index (χ1) is 13.2. The molecule has 3 aromatic rings. The molecule has 0 saturated carbocycles. The second-order valence-corrected chi connectivity index (χ2v) is 6.10. The Morgan fingerprint density at radius 2 is 1.50 bits per heavy atom. The third-order valence-corrected chi connectivity index (χ3v) is 4.14. The second kappa shape index (κ2) is 10.6. The van der Waals surface area contributed by atoms with Crippen LogP contribution in [0.1, 0.15) is 16.7 Å². The van der Waals surface area contributed by atoms with Gasteiger partial charge in [0.1, 0.15) is 18.2 Å². The topological polar surface area (TPSA) is 30.5 Å². The number of nitrogens with one attached hydrogen (secondary N) is 1. The lowest BCUT2D eigenvalue weighted by Gasteiger charge is -2.13. The number of halogens is 3. The predicted molar refractivity (Wildman–Crippen MR) is 108 cm³/mol. The van der Waals surface area contributed by atoms with Gasteiger partial charge in [-0.3, -0.25) is 0 Å². The highest BCUT2D eigenvalue weighted by molar-refractivity contribution is 5.85. The Balaban J connectivity index is 0.00000280. The molecule has 0 saturated heterocycles. The summed E-state index contributed by atoms with van der Waals surface area (Å²) in [6.45, 7) is 1.39. The summed E-state index contributed by atoms with van der Waals surface area (Å²) in [5.74, 6) is 0.614. The van der Waals surface area contributed by atoms with Crippen LogP contribution in [-0.4, -0.2) is 7.11 Å². The first kappa shape index (κ1) is 21.7. The van der Waals surface area contributed by atoms with E-state index in [4.69, 9.17) is 9.47 Å². The van der Waals surface area contributed by atoms with E-state index in [1.807, 2.05) is 18.2 Å². The maximum absolute atomic E-state index is 13.7. The van der Waals surface area contributed by atoms with Crippen LogP contribution in [0.25, 0.3) is 0 Å². The van der Waals surface area contributed by atoms with Crippen molar-refractivity contribution in [3.8, 4) is 11.5 Å². The Morgan fingerprint density at radius 1 is 0.821 bits per heavy atom. The number of methoxy groups -OCH3 is 1. The zero-order chi connectivity index (χ0) is 19.1. The average Bonchev–Trinajstić information content (AvgIpc) is 2.69. The van der Waals surface area contributed by atoms with Gasteiger partial charge in [0.15, 0.2) is 11.5 Å². The van der Waals surface area contributed by atoms with Crippen LogP contribution in [0.3, 0.4) is 0 Å². The van der Waals surface area contributed by atoms with E-state index in [2.05, 4.69) is 5.32 Å². The van der Waals surface area contributed by atoms with E-state index < -0.39 is 0 Å². The van der Waals surface area contributed by atoms with E-state index in [-0.39, 0.29) is 30.6 Å². The van der Waals surface area contributed by atoms with Crippen LogP contribution in [0.5, 0.6) is 11.5 Å². The van der Waals surface area contributed by atoms with Gasteiger partial charge in [-0.25, -0.2) is 8.78 Å². The van der Waals surface area contributed by atoms with Crippen LogP contribution in [0.15, 0.2) is 66.7 Å². The standard InChI is InChI=1S/C22H21F2NO2.ClH/c1-26-22-12-17(14-25-13-16-6-9-19(23)10-7-16)8-11-21(22)27-15-18-4-2-3-5-20(18)24;/h2-12,25H,13-15H2,1H3;1H. The normalized spacial score (nSPS) is 10.2. The zero-order valence-electron chi connectivity index (χ0n) is 15.5. The van der Waals surface area contributed by atoms with Gasteiger partial charge < -0.3 is 14.8 Å². The van der Waals surface area contributed by atoms with Crippen molar-refractivity contribution < 1.29 is 18.3 Å². The van der Waals surface area contributed by atoms with Crippen LogP contribution >= 0.6 is 12.4 Å². The number of rotatable bonds is 8. The minimum atomic E-state index is -0.293. The summed E-state index contributed by atoms with van der Waals surface area (Å²) in [6.07, 6.45) is 0. The lowest BCUT2D eigenvalue weighted by Crippen LogP contribution is -2.12. The van der Waals surface area contributed by atoms with E-state index in [9.17, 15) is 8.78 Å². The minimum absolute atomic E-state index is 0. The first-order valence-electron chi connectivity index (χ1n) is 8.64. The van der Waals surface area contributed by atoms with Crippen molar-refractivity contribution in [3.05, 3.63) is 95.1 Å². The molecule has 0 aliphatic heterocycles. The minimum Gasteiger partial charge on any atom is -0.493 e. The molecule has 3 rings (SSSR count). The van der Waals surface area contributed by atoms with Crippen LogP contribution in [0.4, 0.5) is 8.78 Å². The number of hydrogen-bond acceptors (Lipinski definition) is 3. The molecule has 0 aliphatic carbocycles. The summed E-state index contributed by atoms with van der Waals surface area (Å²) in [7, 11) is 1.57. The van der Waals surface area contributed by atoms with Crippen molar-refractivity contribution in [1.29, 1.82) is 0 Å². The molecule has 0 radical (unpaired) electrons. The van der Waals surface area contributed by atoms with Gasteiger partial charge in [0.2, 0.25) is 0 Å². The fourth-order valence-electron chi connectivity index (χ4n) is 2.67. The van der Waals surface area contributed by atoms with Gasteiger partial charge in [0.05, 0.1) is 7.11 Å². The van der Waals surface area contributed by atoms with Crippen LogP contribution < -0.4 is 14.8 Å². The van der Waals surface area contributed by atoms with E-state index in [0.717, 1.165) is 11.1 Å². The smallest absolute Gasteiger partial charge is 0.161 e. The maximum Gasteiger partial charge on any atom is 0.161 e. The maximum atomic E-state index is 13.7. The first-order valence-corrected chi connectivity index (χ1v) is 8.64. The van der Waals surface area contributed by atoms with Gasteiger partial charge in [0, 0.05) is 18.7 Å². The fraction of sp³-hybridized carbons (Fsp3) is 0.182. The van der Waals surface area contributed by atoms with Crippen molar-refractivity contribution in [1.82, 2.24) is 5.32 Å².